The summed E-state index contributed by atoms with van der Waals surface area (Å²) in [7, 11) is 0. The topological polar surface area (TPSA) is 82.8 Å². The number of carbonyl (C=O) groups is 3. The first-order valence-electron chi connectivity index (χ1n) is 10.4. The zero-order valence-electron chi connectivity index (χ0n) is 17.0. The van der Waals surface area contributed by atoms with Crippen molar-refractivity contribution in [3.8, 4) is 0 Å². The average Bonchev–Trinajstić information content (AvgIpc) is 3.17. The van der Waals surface area contributed by atoms with Crippen LogP contribution in [0.25, 0.3) is 0 Å². The van der Waals surface area contributed by atoms with Gasteiger partial charge in [0.15, 0.2) is 5.78 Å². The van der Waals surface area contributed by atoms with E-state index in [1.807, 2.05) is 26.0 Å². The van der Waals surface area contributed by atoms with E-state index in [2.05, 4.69) is 6.92 Å². The van der Waals surface area contributed by atoms with Gasteiger partial charge >= 0.3 is 5.97 Å². The van der Waals surface area contributed by atoms with E-state index in [1.165, 1.54) is 6.08 Å². The fourth-order valence-electron chi connectivity index (χ4n) is 6.63. The first-order valence-corrected chi connectivity index (χ1v) is 10.4. The number of Topliss-reactive ketones (excluding diaryl/α,β-unsaturated/α-hetero) is 2. The van der Waals surface area contributed by atoms with Crippen LogP contribution in [0.3, 0.4) is 0 Å². The molecule has 0 amide bonds. The highest BCUT2D eigenvalue weighted by atomic mass is 16.5. The molecule has 5 rings (SSSR count). The van der Waals surface area contributed by atoms with E-state index in [1.54, 1.807) is 12.5 Å². The second kappa shape index (κ2) is 5.91. The molecule has 154 valence electrons. The van der Waals surface area contributed by atoms with Gasteiger partial charge in [-0.2, -0.15) is 0 Å². The van der Waals surface area contributed by atoms with Gasteiger partial charge in [0.25, 0.3) is 0 Å². The van der Waals surface area contributed by atoms with Gasteiger partial charge in [-0.25, -0.2) is 4.79 Å². The maximum absolute atomic E-state index is 13.9. The Morgan fingerprint density at radius 2 is 1.97 bits per heavy atom. The zero-order chi connectivity index (χ0) is 20.6. The zero-order valence-corrected chi connectivity index (χ0v) is 17.0. The molecule has 7 atom stereocenters. The maximum Gasteiger partial charge on any atom is 0.330 e. The Hall–Kier alpha value is -2.21. The van der Waals surface area contributed by atoms with Gasteiger partial charge in [-0.15, -0.1) is 0 Å². The van der Waals surface area contributed by atoms with Crippen LogP contribution < -0.4 is 0 Å². The molecule has 2 aliphatic heterocycles. The lowest BCUT2D eigenvalue weighted by atomic mass is 9.53. The lowest BCUT2D eigenvalue weighted by Crippen LogP contribution is -2.56. The molecular formula is C23H26O6. The number of hydrogen-bond donors (Lipinski definition) is 0. The molecule has 0 N–H and O–H groups in total. The molecule has 2 aliphatic carbocycles. The van der Waals surface area contributed by atoms with Crippen molar-refractivity contribution in [1.82, 2.24) is 0 Å². The Kier molecular flexibility index (Phi) is 3.83. The van der Waals surface area contributed by atoms with Crippen LogP contribution in [-0.2, 0) is 23.9 Å². The highest BCUT2D eigenvalue weighted by Gasteiger charge is 2.72. The number of fused-ring (bicyclic) bond motifs is 3. The third kappa shape index (κ3) is 2.35. The largest absolute Gasteiger partial charge is 0.472 e. The lowest BCUT2D eigenvalue weighted by Gasteiger charge is -2.49. The Morgan fingerprint density at radius 3 is 2.69 bits per heavy atom. The van der Waals surface area contributed by atoms with Crippen LogP contribution in [0, 0.1) is 22.7 Å². The minimum absolute atomic E-state index is 0.00707. The highest BCUT2D eigenvalue weighted by molar-refractivity contribution is 6.00. The molecule has 6 nitrogen and oxygen atoms in total. The molecule has 6 heteroatoms. The third-order valence-corrected chi connectivity index (χ3v) is 8.08. The number of ether oxygens (including phenoxy) is 2. The van der Waals surface area contributed by atoms with Gasteiger partial charge < -0.3 is 13.9 Å². The first kappa shape index (κ1) is 18.8. The van der Waals surface area contributed by atoms with Crippen molar-refractivity contribution >= 4 is 17.5 Å². The smallest absolute Gasteiger partial charge is 0.330 e. The number of ketones is 2. The summed E-state index contributed by atoms with van der Waals surface area (Å²) in [4.78, 5) is 39.1. The first-order chi connectivity index (χ1) is 13.7. The molecule has 0 radical (unpaired) electrons. The number of carbonyl (C=O) groups excluding carboxylic acids is 3. The van der Waals surface area contributed by atoms with E-state index in [0.29, 0.717) is 6.42 Å². The monoisotopic (exact) mass is 398 g/mol. The summed E-state index contributed by atoms with van der Waals surface area (Å²) in [6.45, 7) is 5.85. The normalized spacial score (nSPS) is 46.5. The summed E-state index contributed by atoms with van der Waals surface area (Å²) in [6.07, 6.45) is 7.48. The number of allylic oxidation sites excluding steroid dienone is 1. The molecule has 2 bridgehead atoms. The van der Waals surface area contributed by atoms with Crippen LogP contribution >= 0.6 is 0 Å². The molecule has 0 aromatic carbocycles. The summed E-state index contributed by atoms with van der Waals surface area (Å²) in [5.41, 5.74) is -1.59. The van der Waals surface area contributed by atoms with E-state index >= 15 is 0 Å². The molecule has 3 fully saturated rings. The molecule has 0 unspecified atom stereocenters. The van der Waals surface area contributed by atoms with Gasteiger partial charge in [0.2, 0.25) is 0 Å². The van der Waals surface area contributed by atoms with E-state index < -0.39 is 34.6 Å². The van der Waals surface area contributed by atoms with E-state index in [0.717, 1.165) is 12.0 Å². The molecule has 1 aromatic heterocycles. The fraction of sp³-hybridized carbons (Fsp3) is 0.609. The Labute approximate surface area is 169 Å². The molecule has 2 saturated carbocycles. The number of furan rings is 1. The summed E-state index contributed by atoms with van der Waals surface area (Å²) < 4.78 is 17.4. The number of hydrogen-bond acceptors (Lipinski definition) is 6. The van der Waals surface area contributed by atoms with Crippen LogP contribution in [0.5, 0.6) is 0 Å². The van der Waals surface area contributed by atoms with Gasteiger partial charge in [0.05, 0.1) is 24.0 Å². The Balaban J connectivity index is 1.67. The van der Waals surface area contributed by atoms with Crippen LogP contribution in [0.2, 0.25) is 0 Å². The van der Waals surface area contributed by atoms with Crippen LogP contribution in [0.15, 0.2) is 35.2 Å². The van der Waals surface area contributed by atoms with E-state index in [9.17, 15) is 14.4 Å². The maximum atomic E-state index is 13.9. The Morgan fingerprint density at radius 1 is 1.17 bits per heavy atom. The summed E-state index contributed by atoms with van der Waals surface area (Å²) >= 11 is 0. The molecular weight excluding hydrogens is 372 g/mol. The summed E-state index contributed by atoms with van der Waals surface area (Å²) in [6, 6.07) is 1.83. The molecule has 1 spiro atoms. The van der Waals surface area contributed by atoms with Crippen molar-refractivity contribution in [3.63, 3.8) is 0 Å². The van der Waals surface area contributed by atoms with Gasteiger partial charge in [-0.05, 0) is 38.2 Å². The quantitative estimate of drug-likeness (QED) is 0.673. The van der Waals surface area contributed by atoms with Crippen LogP contribution in [-0.4, -0.2) is 29.2 Å². The van der Waals surface area contributed by atoms with Crippen molar-refractivity contribution in [3.05, 3.63) is 36.3 Å². The molecule has 3 heterocycles. The average molecular weight is 398 g/mol. The van der Waals surface area contributed by atoms with E-state index in [-0.39, 0.29) is 36.2 Å². The van der Waals surface area contributed by atoms with Gasteiger partial charge in [0, 0.05) is 36.3 Å². The van der Waals surface area contributed by atoms with Crippen molar-refractivity contribution < 1.29 is 28.3 Å². The Bertz CT molecular complexity index is 916. The summed E-state index contributed by atoms with van der Waals surface area (Å²) in [5.74, 6) is -0.774. The molecule has 1 aromatic rings. The SMILES string of the molecule is C[C@H]1OC(=O)C=C[C@@]2(C)[C@H]1CC(=O)C[C@@]13O[C@@H](c4ccoc4)[C@@](C)(CC[C@@H]21)C3=O. The number of esters is 1. The van der Waals surface area contributed by atoms with Crippen LogP contribution in [0.1, 0.15) is 58.1 Å². The predicted molar refractivity (Wildman–Crippen MR) is 102 cm³/mol. The number of rotatable bonds is 1. The van der Waals surface area contributed by atoms with Crippen molar-refractivity contribution in [1.29, 1.82) is 0 Å². The third-order valence-electron chi connectivity index (χ3n) is 8.08. The highest BCUT2D eigenvalue weighted by Crippen LogP contribution is 2.66. The van der Waals surface area contributed by atoms with Gasteiger partial charge in [-0.3, -0.25) is 9.59 Å². The predicted octanol–water partition coefficient (Wildman–Crippen LogP) is 3.56. The molecule has 29 heavy (non-hydrogen) atoms. The van der Waals surface area contributed by atoms with Crippen molar-refractivity contribution in [2.45, 2.75) is 64.3 Å². The minimum atomic E-state index is -1.17. The van der Waals surface area contributed by atoms with Gasteiger partial charge in [0.1, 0.15) is 17.5 Å². The number of cyclic esters (lactones) is 1. The second-order valence-corrected chi connectivity index (χ2v) is 9.65. The molecule has 1 saturated heterocycles. The van der Waals surface area contributed by atoms with E-state index in [4.69, 9.17) is 13.9 Å². The lowest BCUT2D eigenvalue weighted by molar-refractivity contribution is -0.159. The summed E-state index contributed by atoms with van der Waals surface area (Å²) in [5, 5.41) is 0. The second-order valence-electron chi connectivity index (χ2n) is 9.65. The molecule has 4 aliphatic rings. The fourth-order valence-corrected chi connectivity index (χ4v) is 6.63. The minimum Gasteiger partial charge on any atom is -0.472 e. The van der Waals surface area contributed by atoms with Crippen molar-refractivity contribution in [2.75, 3.05) is 0 Å². The standard InChI is InChI=1S/C23H26O6/c1-13-16-10-15(24)11-23-17(21(16,2)8-5-18(25)28-13)4-7-22(3,20(23)26)19(29-23)14-6-9-27-12-14/h5-6,8-9,12-13,16-17,19H,4,7,10-11H2,1-3H3/t13-,16+,17+,19+,21+,22-,23-/m1/s1. The van der Waals surface area contributed by atoms with Crippen LogP contribution in [0.4, 0.5) is 0 Å². The van der Waals surface area contributed by atoms with Gasteiger partial charge in [-0.1, -0.05) is 13.0 Å². The van der Waals surface area contributed by atoms with Crippen molar-refractivity contribution in [2.24, 2.45) is 22.7 Å².